The Balaban J connectivity index is 2.07. The minimum atomic E-state index is -1.01. The Morgan fingerprint density at radius 3 is 3.08 bits per heavy atom. The van der Waals surface area contributed by atoms with Crippen LogP contribution in [-0.2, 0) is 11.3 Å². The summed E-state index contributed by atoms with van der Waals surface area (Å²) in [5.41, 5.74) is 0. The van der Waals surface area contributed by atoms with E-state index in [-0.39, 0.29) is 5.75 Å². The number of aromatic nitrogens is 2. The van der Waals surface area contributed by atoms with Crippen LogP contribution >= 0.6 is 11.8 Å². The van der Waals surface area contributed by atoms with Gasteiger partial charge in [-0.3, -0.25) is 0 Å². The molecular formula is C7H9N2O2S-. The second kappa shape index (κ2) is 4.82. The molecule has 0 radical (unpaired) electrons. The highest BCUT2D eigenvalue weighted by molar-refractivity contribution is 7.99. The monoisotopic (exact) mass is 185 g/mol. The van der Waals surface area contributed by atoms with Crippen molar-refractivity contribution in [3.8, 4) is 0 Å². The van der Waals surface area contributed by atoms with Crippen LogP contribution in [0.4, 0.5) is 0 Å². The molecule has 66 valence electrons. The lowest BCUT2D eigenvalue weighted by Crippen LogP contribution is -2.24. The highest BCUT2D eigenvalue weighted by atomic mass is 32.2. The lowest BCUT2D eigenvalue weighted by atomic mass is 10.7. The van der Waals surface area contributed by atoms with Gasteiger partial charge in [-0.15, -0.1) is 0 Å². The van der Waals surface area contributed by atoms with Crippen molar-refractivity contribution in [2.24, 2.45) is 0 Å². The summed E-state index contributed by atoms with van der Waals surface area (Å²) in [4.78, 5) is 13.9. The predicted molar refractivity (Wildman–Crippen MR) is 44.6 cm³/mol. The number of carbonyl (C=O) groups is 1. The van der Waals surface area contributed by atoms with E-state index < -0.39 is 5.97 Å². The largest absolute Gasteiger partial charge is 0.549 e. The van der Waals surface area contributed by atoms with Crippen molar-refractivity contribution >= 4 is 17.7 Å². The average Bonchev–Trinajstić information content (AvgIpc) is 2.49. The number of hydrogen-bond acceptors (Lipinski definition) is 4. The van der Waals surface area contributed by atoms with Gasteiger partial charge < -0.3 is 14.5 Å². The highest BCUT2D eigenvalue weighted by Gasteiger charge is 1.90. The highest BCUT2D eigenvalue weighted by Crippen LogP contribution is 1.99. The Labute approximate surface area is 74.6 Å². The number of carboxylic acids is 1. The minimum absolute atomic E-state index is 0.0642. The fraction of sp³-hybridized carbons (Fsp3) is 0.429. The van der Waals surface area contributed by atoms with Gasteiger partial charge in [0.15, 0.2) is 0 Å². The van der Waals surface area contributed by atoms with Gasteiger partial charge in [0, 0.05) is 30.4 Å². The number of hydrogen-bond donors (Lipinski definition) is 0. The molecule has 4 nitrogen and oxygen atoms in total. The van der Waals surface area contributed by atoms with Crippen molar-refractivity contribution in [1.29, 1.82) is 0 Å². The minimum Gasteiger partial charge on any atom is -0.549 e. The third-order valence-electron chi connectivity index (χ3n) is 1.27. The lowest BCUT2D eigenvalue weighted by molar-refractivity contribution is -0.301. The van der Waals surface area contributed by atoms with Crippen LogP contribution < -0.4 is 5.11 Å². The smallest absolute Gasteiger partial charge is 0.0946 e. The molecule has 1 heterocycles. The molecule has 12 heavy (non-hydrogen) atoms. The van der Waals surface area contributed by atoms with Crippen molar-refractivity contribution < 1.29 is 9.90 Å². The Hall–Kier alpha value is -0.970. The Morgan fingerprint density at radius 2 is 2.50 bits per heavy atom. The summed E-state index contributed by atoms with van der Waals surface area (Å²) in [6.07, 6.45) is 5.25. The first-order valence-corrected chi connectivity index (χ1v) is 4.68. The molecule has 1 aromatic rings. The molecule has 5 heteroatoms. The van der Waals surface area contributed by atoms with Crippen molar-refractivity contribution in [2.75, 3.05) is 11.5 Å². The summed E-state index contributed by atoms with van der Waals surface area (Å²) < 4.78 is 1.91. The standard InChI is InChI=1S/C7H10N2O2S/c10-7(11)5-12-4-3-9-2-1-8-6-9/h1-2,6H,3-5H2,(H,10,11)/p-1. The van der Waals surface area contributed by atoms with Crippen LogP contribution in [0.15, 0.2) is 18.7 Å². The predicted octanol–water partition coefficient (Wildman–Crippen LogP) is -0.634. The van der Waals surface area contributed by atoms with E-state index in [9.17, 15) is 9.90 Å². The van der Waals surface area contributed by atoms with E-state index in [1.807, 2.05) is 10.8 Å². The second-order valence-corrected chi connectivity index (χ2v) is 3.33. The number of imidazole rings is 1. The Kier molecular flexibility index (Phi) is 3.66. The molecule has 0 atom stereocenters. The maximum atomic E-state index is 10.0. The van der Waals surface area contributed by atoms with Crippen LogP contribution in [0.5, 0.6) is 0 Å². The lowest BCUT2D eigenvalue weighted by Gasteiger charge is -2.02. The molecule has 0 aliphatic rings. The van der Waals surface area contributed by atoms with Gasteiger partial charge in [-0.2, -0.15) is 11.8 Å². The molecule has 0 fully saturated rings. The average molecular weight is 185 g/mol. The number of nitrogens with zero attached hydrogens (tertiary/aromatic N) is 2. The van der Waals surface area contributed by atoms with E-state index in [2.05, 4.69) is 4.98 Å². The molecule has 0 spiro atoms. The van der Waals surface area contributed by atoms with Gasteiger partial charge >= 0.3 is 0 Å². The van der Waals surface area contributed by atoms with Crippen LogP contribution in [0, 0.1) is 0 Å². The molecule has 0 saturated carbocycles. The molecule has 0 N–H and O–H groups in total. The summed E-state index contributed by atoms with van der Waals surface area (Å²) in [5, 5.41) is 10.0. The first-order valence-electron chi connectivity index (χ1n) is 3.52. The van der Waals surface area contributed by atoms with Gasteiger partial charge in [0.05, 0.1) is 12.3 Å². The third kappa shape index (κ3) is 3.43. The molecule has 0 aliphatic heterocycles. The molecule has 0 aromatic carbocycles. The molecule has 0 bridgehead atoms. The number of carboxylic acid groups (broad SMARTS) is 1. The van der Waals surface area contributed by atoms with Crippen molar-refractivity contribution in [1.82, 2.24) is 9.55 Å². The van der Waals surface area contributed by atoms with Crippen molar-refractivity contribution in [3.63, 3.8) is 0 Å². The molecule has 0 amide bonds. The maximum absolute atomic E-state index is 10.0. The summed E-state index contributed by atoms with van der Waals surface area (Å²) in [5.74, 6) is -0.176. The molecule has 1 aromatic heterocycles. The van der Waals surface area contributed by atoms with E-state index in [0.29, 0.717) is 0 Å². The Bertz CT molecular complexity index is 236. The zero-order valence-electron chi connectivity index (χ0n) is 6.47. The van der Waals surface area contributed by atoms with E-state index >= 15 is 0 Å². The summed E-state index contributed by atoms with van der Waals surface area (Å²) in [7, 11) is 0. The molecule has 0 unspecified atom stereocenters. The van der Waals surface area contributed by atoms with Crippen LogP contribution in [0.3, 0.4) is 0 Å². The number of rotatable bonds is 5. The molecular weight excluding hydrogens is 176 g/mol. The van der Waals surface area contributed by atoms with Gasteiger partial charge in [0.1, 0.15) is 0 Å². The van der Waals surface area contributed by atoms with Crippen LogP contribution in [-0.4, -0.2) is 27.0 Å². The van der Waals surface area contributed by atoms with E-state index in [1.165, 1.54) is 11.8 Å². The van der Waals surface area contributed by atoms with E-state index in [4.69, 9.17) is 0 Å². The molecule has 0 saturated heterocycles. The first kappa shape index (κ1) is 9.12. The normalized spacial score (nSPS) is 10.0. The van der Waals surface area contributed by atoms with Crippen molar-refractivity contribution in [2.45, 2.75) is 6.54 Å². The van der Waals surface area contributed by atoms with Crippen LogP contribution in [0.25, 0.3) is 0 Å². The number of aryl methyl sites for hydroxylation is 1. The van der Waals surface area contributed by atoms with E-state index in [1.54, 1.807) is 12.5 Å². The SMILES string of the molecule is O=C([O-])CSCCn1ccnc1. The fourth-order valence-electron chi connectivity index (χ4n) is 0.744. The summed E-state index contributed by atoms with van der Waals surface area (Å²) in [6, 6.07) is 0. The summed E-state index contributed by atoms with van der Waals surface area (Å²) in [6.45, 7) is 0.790. The van der Waals surface area contributed by atoms with Crippen molar-refractivity contribution in [3.05, 3.63) is 18.7 Å². The number of aliphatic carboxylic acids is 1. The quantitative estimate of drug-likeness (QED) is 0.573. The van der Waals surface area contributed by atoms with Gasteiger partial charge in [-0.05, 0) is 0 Å². The molecule has 1 rings (SSSR count). The first-order chi connectivity index (χ1) is 5.79. The van der Waals surface area contributed by atoms with Gasteiger partial charge in [0.2, 0.25) is 0 Å². The van der Waals surface area contributed by atoms with Gasteiger partial charge in [0.25, 0.3) is 0 Å². The maximum Gasteiger partial charge on any atom is 0.0946 e. The van der Waals surface area contributed by atoms with Gasteiger partial charge in [-0.25, -0.2) is 4.98 Å². The fourth-order valence-corrected chi connectivity index (χ4v) is 1.40. The zero-order valence-corrected chi connectivity index (χ0v) is 7.29. The number of thioether (sulfide) groups is 1. The Morgan fingerprint density at radius 1 is 1.67 bits per heavy atom. The zero-order chi connectivity index (χ0) is 8.81. The third-order valence-corrected chi connectivity index (χ3v) is 2.18. The van der Waals surface area contributed by atoms with Crippen LogP contribution in [0.2, 0.25) is 0 Å². The summed E-state index contributed by atoms with van der Waals surface area (Å²) >= 11 is 1.35. The number of carbonyl (C=O) groups excluding carboxylic acids is 1. The molecule has 0 aliphatic carbocycles. The topological polar surface area (TPSA) is 57.9 Å². The van der Waals surface area contributed by atoms with E-state index in [0.717, 1.165) is 12.3 Å². The second-order valence-electron chi connectivity index (χ2n) is 2.23. The van der Waals surface area contributed by atoms with Gasteiger partial charge in [-0.1, -0.05) is 0 Å². The van der Waals surface area contributed by atoms with Crippen LogP contribution in [0.1, 0.15) is 0 Å².